The third kappa shape index (κ3) is 9.15. The maximum atomic E-state index is 12.6. The first kappa shape index (κ1) is 25.3. The van der Waals surface area contributed by atoms with Gasteiger partial charge in [-0.3, -0.25) is 9.59 Å². The Bertz CT molecular complexity index is 693. The minimum atomic E-state index is -0.767. The minimum absolute atomic E-state index is 0.0549. The van der Waals surface area contributed by atoms with Crippen LogP contribution in [0.4, 0.5) is 4.79 Å². The van der Waals surface area contributed by atoms with Crippen LogP contribution in [0.5, 0.6) is 5.75 Å². The van der Waals surface area contributed by atoms with E-state index in [4.69, 9.17) is 4.74 Å². The summed E-state index contributed by atoms with van der Waals surface area (Å²) in [4.78, 5) is 37.0. The summed E-state index contributed by atoms with van der Waals surface area (Å²) in [5, 5.41) is 10.9. The van der Waals surface area contributed by atoms with Crippen LogP contribution in [0.2, 0.25) is 0 Å². The number of ether oxygens (including phenoxy) is 1. The van der Waals surface area contributed by atoms with Gasteiger partial charge in [-0.1, -0.05) is 26.0 Å². The molecule has 0 aliphatic carbocycles. The van der Waals surface area contributed by atoms with Crippen molar-refractivity contribution in [3.8, 4) is 5.75 Å². The molecule has 4 N–H and O–H groups in total. The molecule has 0 fully saturated rings. The fourth-order valence-electron chi connectivity index (χ4n) is 2.82. The Hall–Kier alpha value is -2.77. The van der Waals surface area contributed by atoms with Crippen molar-refractivity contribution in [2.75, 3.05) is 13.2 Å². The molecule has 168 valence electrons. The number of urea groups is 1. The number of amides is 4. The van der Waals surface area contributed by atoms with E-state index >= 15 is 0 Å². The van der Waals surface area contributed by atoms with E-state index in [0.717, 1.165) is 24.2 Å². The van der Waals surface area contributed by atoms with E-state index in [9.17, 15) is 14.4 Å². The van der Waals surface area contributed by atoms with Gasteiger partial charge in [-0.05, 0) is 51.3 Å². The minimum Gasteiger partial charge on any atom is -0.494 e. The first-order valence-corrected chi connectivity index (χ1v) is 10.7. The summed E-state index contributed by atoms with van der Waals surface area (Å²) in [5.74, 6) is 0.0315. The first-order chi connectivity index (χ1) is 14.3. The third-order valence-corrected chi connectivity index (χ3v) is 4.27. The first-order valence-electron chi connectivity index (χ1n) is 10.7. The monoisotopic (exact) mass is 420 g/mol. The average Bonchev–Trinajstić information content (AvgIpc) is 2.70. The predicted molar refractivity (Wildman–Crippen MR) is 117 cm³/mol. The van der Waals surface area contributed by atoms with E-state index in [1.807, 2.05) is 52.0 Å². The zero-order valence-electron chi connectivity index (χ0n) is 18.7. The largest absolute Gasteiger partial charge is 0.494 e. The fraction of sp³-hybridized carbons (Fsp3) is 0.591. The molecular formula is C22H36N4O4. The van der Waals surface area contributed by atoms with Crippen molar-refractivity contribution in [1.82, 2.24) is 21.3 Å². The number of rotatable bonds is 2. The molecule has 0 saturated heterocycles. The molecular weight excluding hydrogens is 384 g/mol. The molecule has 1 aliphatic heterocycles. The van der Waals surface area contributed by atoms with E-state index in [0.29, 0.717) is 19.6 Å². The molecule has 2 atom stereocenters. The van der Waals surface area contributed by atoms with Crippen molar-refractivity contribution < 1.29 is 19.1 Å². The lowest BCUT2D eigenvalue weighted by molar-refractivity contribution is -0.130. The van der Waals surface area contributed by atoms with Crippen molar-refractivity contribution in [2.45, 2.75) is 72.0 Å². The van der Waals surface area contributed by atoms with Gasteiger partial charge in [0.25, 0.3) is 0 Å². The normalized spacial score (nSPS) is 20.5. The summed E-state index contributed by atoms with van der Waals surface area (Å²) in [7, 11) is 0. The maximum absolute atomic E-state index is 12.6. The Balaban J connectivity index is 0.00000218. The molecule has 8 heteroatoms. The predicted octanol–water partition coefficient (Wildman–Crippen LogP) is 2.13. The summed E-state index contributed by atoms with van der Waals surface area (Å²) >= 11 is 0. The molecule has 4 amide bonds. The van der Waals surface area contributed by atoms with Gasteiger partial charge in [0, 0.05) is 19.0 Å². The van der Waals surface area contributed by atoms with Crippen LogP contribution in [0.15, 0.2) is 24.3 Å². The van der Waals surface area contributed by atoms with Crippen LogP contribution in [0.3, 0.4) is 0 Å². The van der Waals surface area contributed by atoms with Gasteiger partial charge < -0.3 is 26.0 Å². The molecule has 8 nitrogen and oxygen atoms in total. The van der Waals surface area contributed by atoms with Crippen LogP contribution in [-0.2, 0) is 16.0 Å². The van der Waals surface area contributed by atoms with Gasteiger partial charge in [0.15, 0.2) is 0 Å². The van der Waals surface area contributed by atoms with Gasteiger partial charge in [0.2, 0.25) is 11.8 Å². The quantitative estimate of drug-likeness (QED) is 0.588. The summed E-state index contributed by atoms with van der Waals surface area (Å²) in [5.41, 5.74) is 0.882. The summed E-state index contributed by atoms with van der Waals surface area (Å²) < 4.78 is 5.76. The van der Waals surface area contributed by atoms with Gasteiger partial charge in [-0.25, -0.2) is 4.79 Å². The van der Waals surface area contributed by atoms with Crippen LogP contribution in [0.25, 0.3) is 0 Å². The van der Waals surface area contributed by atoms with Crippen LogP contribution in [0.1, 0.15) is 53.0 Å². The molecule has 1 aliphatic rings. The Labute approximate surface area is 179 Å². The lowest BCUT2D eigenvalue weighted by Crippen LogP contribution is -2.55. The van der Waals surface area contributed by atoms with Crippen molar-refractivity contribution in [1.29, 1.82) is 0 Å². The van der Waals surface area contributed by atoms with Crippen molar-refractivity contribution in [3.05, 3.63) is 29.8 Å². The second-order valence-corrected chi connectivity index (χ2v) is 7.25. The zero-order valence-corrected chi connectivity index (χ0v) is 18.7. The van der Waals surface area contributed by atoms with Gasteiger partial charge in [-0.2, -0.15) is 0 Å². The molecule has 0 saturated carbocycles. The van der Waals surface area contributed by atoms with Gasteiger partial charge in [-0.15, -0.1) is 0 Å². The lowest BCUT2D eigenvalue weighted by atomic mass is 10.0. The second-order valence-electron chi connectivity index (χ2n) is 7.25. The standard InChI is InChI=1S/C20H30N4O4.C2H6/c1-13(2)22-19(26)17-12-15-7-6-8-16(11-15)28-10-5-4-9-21-20(27)23-14(3)18(25)24-17;1-2/h6-8,11,13-14,17H,4-5,9-10,12H2,1-3H3,(H,22,26)(H,24,25)(H2,21,23,27);1-2H3/t14-,17-;/m0./s1. The number of nitrogens with one attached hydrogen (secondary N) is 4. The van der Waals surface area contributed by atoms with E-state index in [-0.39, 0.29) is 11.9 Å². The molecule has 2 bridgehead atoms. The summed E-state index contributed by atoms with van der Waals surface area (Å²) in [6.45, 7) is 10.3. The Kier molecular flexibility index (Phi) is 11.3. The van der Waals surface area contributed by atoms with E-state index in [1.54, 1.807) is 6.92 Å². The van der Waals surface area contributed by atoms with E-state index < -0.39 is 24.0 Å². The molecule has 1 heterocycles. The molecule has 0 unspecified atom stereocenters. The molecule has 0 radical (unpaired) electrons. The number of benzene rings is 1. The number of fused-ring (bicyclic) bond motifs is 2. The zero-order chi connectivity index (χ0) is 22.5. The topological polar surface area (TPSA) is 109 Å². The van der Waals surface area contributed by atoms with E-state index in [1.165, 1.54) is 0 Å². The Morgan fingerprint density at radius 2 is 1.90 bits per heavy atom. The third-order valence-electron chi connectivity index (χ3n) is 4.27. The molecule has 0 aromatic heterocycles. The molecule has 1 aromatic rings. The van der Waals surface area contributed by atoms with Crippen LogP contribution < -0.4 is 26.0 Å². The van der Waals surface area contributed by atoms with Crippen molar-refractivity contribution in [3.63, 3.8) is 0 Å². The summed E-state index contributed by atoms with van der Waals surface area (Å²) in [6.07, 6.45) is 1.88. The highest BCUT2D eigenvalue weighted by Gasteiger charge is 2.25. The summed E-state index contributed by atoms with van der Waals surface area (Å²) in [6, 6.07) is 5.52. The number of carbonyl (C=O) groups is 3. The van der Waals surface area contributed by atoms with Crippen LogP contribution >= 0.6 is 0 Å². The molecule has 30 heavy (non-hydrogen) atoms. The molecule has 2 rings (SSSR count). The smallest absolute Gasteiger partial charge is 0.315 e. The van der Waals surface area contributed by atoms with Gasteiger partial charge in [0.05, 0.1) is 6.61 Å². The fourth-order valence-corrected chi connectivity index (χ4v) is 2.82. The number of hydrogen-bond acceptors (Lipinski definition) is 4. The second kappa shape index (κ2) is 13.5. The van der Waals surface area contributed by atoms with E-state index in [2.05, 4.69) is 21.3 Å². The lowest BCUT2D eigenvalue weighted by Gasteiger charge is -2.23. The van der Waals surface area contributed by atoms with Crippen LogP contribution in [-0.4, -0.2) is 49.1 Å². The Morgan fingerprint density at radius 3 is 2.60 bits per heavy atom. The van der Waals surface area contributed by atoms with Crippen molar-refractivity contribution >= 4 is 17.8 Å². The average molecular weight is 421 g/mol. The van der Waals surface area contributed by atoms with Crippen molar-refractivity contribution in [2.24, 2.45) is 0 Å². The molecule has 0 spiro atoms. The van der Waals surface area contributed by atoms with Gasteiger partial charge in [0.1, 0.15) is 17.8 Å². The van der Waals surface area contributed by atoms with Crippen LogP contribution in [0, 0.1) is 0 Å². The SMILES string of the molecule is CC.CC(C)NC(=O)[C@@H]1Cc2cccc(c2)OCCCCNC(=O)N[C@@H](C)C(=O)N1. The van der Waals surface area contributed by atoms with Gasteiger partial charge >= 0.3 is 6.03 Å². The highest BCUT2D eigenvalue weighted by atomic mass is 16.5. The number of hydrogen-bond donors (Lipinski definition) is 4. The number of carbonyl (C=O) groups excluding carboxylic acids is 3. The Morgan fingerprint density at radius 1 is 1.17 bits per heavy atom. The highest BCUT2D eigenvalue weighted by Crippen LogP contribution is 2.15. The highest BCUT2D eigenvalue weighted by molar-refractivity contribution is 5.91. The molecule has 1 aromatic carbocycles. The maximum Gasteiger partial charge on any atom is 0.315 e.